The van der Waals surface area contributed by atoms with Gasteiger partial charge in [0.1, 0.15) is 5.82 Å². The summed E-state index contributed by atoms with van der Waals surface area (Å²) in [6.07, 6.45) is 0.884. The lowest BCUT2D eigenvalue weighted by Crippen LogP contribution is -2.53. The number of rotatable bonds is 4. The van der Waals surface area contributed by atoms with E-state index in [1.165, 1.54) is 6.07 Å². The van der Waals surface area contributed by atoms with Crippen molar-refractivity contribution < 1.29 is 9.18 Å². The van der Waals surface area contributed by atoms with E-state index in [1.54, 1.807) is 6.07 Å². The number of hydrogen-bond acceptors (Lipinski definition) is 3. The van der Waals surface area contributed by atoms with E-state index in [0.717, 1.165) is 38.2 Å². The molecule has 2 N–H and O–H groups in total. The van der Waals surface area contributed by atoms with Crippen LogP contribution in [0.25, 0.3) is 0 Å². The van der Waals surface area contributed by atoms with Crippen LogP contribution in [-0.4, -0.2) is 43.0 Å². The topological polar surface area (TPSA) is 44.4 Å². The Morgan fingerprint density at radius 2 is 2.22 bits per heavy atom. The molecule has 2 atom stereocenters. The summed E-state index contributed by atoms with van der Waals surface area (Å²) in [5.74, 6) is -0.241. The zero-order valence-corrected chi connectivity index (χ0v) is 14.6. The van der Waals surface area contributed by atoms with Crippen LogP contribution in [0.1, 0.15) is 24.9 Å². The van der Waals surface area contributed by atoms with Crippen molar-refractivity contribution in [3.63, 3.8) is 0 Å². The lowest BCUT2D eigenvalue weighted by atomic mass is 9.97. The van der Waals surface area contributed by atoms with Crippen molar-refractivity contribution >= 4 is 29.9 Å². The Morgan fingerprint density at radius 3 is 2.78 bits per heavy atom. The molecule has 2 unspecified atom stereocenters. The Kier molecular flexibility index (Phi) is 6.26. The van der Waals surface area contributed by atoms with Crippen molar-refractivity contribution in [3.8, 4) is 0 Å². The van der Waals surface area contributed by atoms with Crippen molar-refractivity contribution in [2.75, 3.05) is 26.2 Å². The van der Waals surface area contributed by atoms with Crippen LogP contribution in [0.2, 0.25) is 5.02 Å². The summed E-state index contributed by atoms with van der Waals surface area (Å²) in [6.45, 7) is 5.34. The molecule has 3 rings (SSSR count). The monoisotopic (exact) mass is 361 g/mol. The molecule has 2 fully saturated rings. The molecule has 1 aromatic carbocycles. The highest BCUT2D eigenvalue weighted by atomic mass is 35.5. The number of nitrogens with one attached hydrogen (secondary N) is 2. The molecule has 0 aliphatic carbocycles. The predicted octanol–water partition coefficient (Wildman–Crippen LogP) is 2.37. The van der Waals surface area contributed by atoms with E-state index in [1.807, 2.05) is 6.07 Å². The van der Waals surface area contributed by atoms with Crippen molar-refractivity contribution in [3.05, 3.63) is 34.6 Å². The molecule has 7 heteroatoms. The fourth-order valence-electron chi connectivity index (χ4n) is 3.28. The zero-order valence-electron chi connectivity index (χ0n) is 13.0. The van der Waals surface area contributed by atoms with Gasteiger partial charge in [-0.3, -0.25) is 9.69 Å². The number of halogens is 3. The quantitative estimate of drug-likeness (QED) is 0.865. The maximum absolute atomic E-state index is 13.8. The third kappa shape index (κ3) is 3.79. The van der Waals surface area contributed by atoms with Crippen molar-refractivity contribution in [1.29, 1.82) is 0 Å². The average molecular weight is 362 g/mol. The Morgan fingerprint density at radius 1 is 1.48 bits per heavy atom. The van der Waals surface area contributed by atoms with Crippen LogP contribution in [0, 0.1) is 11.7 Å². The maximum Gasteiger partial charge on any atom is 0.225 e. The molecule has 1 amide bonds. The molecule has 4 nitrogen and oxygen atoms in total. The SMILES string of the molecule is CCN1CCC(NC(=O)C2CNC2)C1c1ccc(Cl)c(F)c1.Cl. The van der Waals surface area contributed by atoms with E-state index in [9.17, 15) is 9.18 Å². The van der Waals surface area contributed by atoms with E-state index in [-0.39, 0.29) is 41.3 Å². The summed E-state index contributed by atoms with van der Waals surface area (Å²) < 4.78 is 13.8. The lowest BCUT2D eigenvalue weighted by Gasteiger charge is -2.31. The molecular weight excluding hydrogens is 340 g/mol. The van der Waals surface area contributed by atoms with E-state index in [0.29, 0.717) is 0 Å². The minimum Gasteiger partial charge on any atom is -0.351 e. The maximum atomic E-state index is 13.8. The van der Waals surface area contributed by atoms with Gasteiger partial charge in [0.25, 0.3) is 0 Å². The first-order valence-corrected chi connectivity index (χ1v) is 8.18. The van der Waals surface area contributed by atoms with Gasteiger partial charge in [-0.1, -0.05) is 24.6 Å². The van der Waals surface area contributed by atoms with Gasteiger partial charge in [0.05, 0.1) is 17.0 Å². The van der Waals surface area contributed by atoms with Gasteiger partial charge in [-0.25, -0.2) is 4.39 Å². The second-order valence-corrected chi connectivity index (χ2v) is 6.41. The number of amides is 1. The molecule has 2 heterocycles. The van der Waals surface area contributed by atoms with Crippen LogP contribution < -0.4 is 10.6 Å². The first-order valence-electron chi connectivity index (χ1n) is 7.80. The predicted molar refractivity (Wildman–Crippen MR) is 91.6 cm³/mol. The molecule has 2 aliphatic heterocycles. The van der Waals surface area contributed by atoms with Crippen molar-refractivity contribution in [1.82, 2.24) is 15.5 Å². The number of likely N-dealkylation sites (N-methyl/N-ethyl adjacent to an activating group) is 1. The van der Waals surface area contributed by atoms with Crippen molar-refractivity contribution in [2.45, 2.75) is 25.4 Å². The summed E-state index contributed by atoms with van der Waals surface area (Å²) in [4.78, 5) is 14.5. The molecule has 2 aliphatic rings. The van der Waals surface area contributed by atoms with Crippen molar-refractivity contribution in [2.24, 2.45) is 5.92 Å². The second-order valence-electron chi connectivity index (χ2n) is 6.01. The van der Waals surface area contributed by atoms with E-state index in [4.69, 9.17) is 11.6 Å². The highest BCUT2D eigenvalue weighted by molar-refractivity contribution is 6.30. The van der Waals surface area contributed by atoms with Gasteiger partial charge in [0.15, 0.2) is 0 Å². The third-order valence-corrected chi connectivity index (χ3v) is 4.98. The van der Waals surface area contributed by atoms with E-state index >= 15 is 0 Å². The smallest absolute Gasteiger partial charge is 0.225 e. The normalized spacial score (nSPS) is 24.8. The molecule has 0 bridgehead atoms. The Bertz CT molecular complexity index is 568. The lowest BCUT2D eigenvalue weighted by molar-refractivity contribution is -0.127. The number of hydrogen-bond donors (Lipinski definition) is 2. The summed E-state index contributed by atoms with van der Waals surface area (Å²) in [6, 6.07) is 4.97. The second kappa shape index (κ2) is 7.79. The van der Waals surface area contributed by atoms with Crippen LogP contribution in [-0.2, 0) is 4.79 Å². The molecule has 2 saturated heterocycles. The number of carbonyl (C=O) groups excluding carboxylic acids is 1. The zero-order chi connectivity index (χ0) is 15.7. The van der Waals surface area contributed by atoms with Gasteiger partial charge in [-0.05, 0) is 30.7 Å². The number of benzene rings is 1. The Labute approximate surface area is 147 Å². The van der Waals surface area contributed by atoms with Gasteiger partial charge in [0.2, 0.25) is 5.91 Å². The standard InChI is InChI=1S/C16H21ClFN3O.ClH/c1-2-21-6-5-14(20-16(22)11-8-19-9-11)15(21)10-3-4-12(17)13(18)7-10;/h3-4,7,11,14-15,19H,2,5-6,8-9H2,1H3,(H,20,22);1H. The summed E-state index contributed by atoms with van der Waals surface area (Å²) in [7, 11) is 0. The van der Waals surface area contributed by atoms with Gasteiger partial charge < -0.3 is 10.6 Å². The Balaban J connectivity index is 0.00000192. The number of nitrogens with zero attached hydrogens (tertiary/aromatic N) is 1. The Hall–Kier alpha value is -0.880. The largest absolute Gasteiger partial charge is 0.351 e. The molecule has 23 heavy (non-hydrogen) atoms. The van der Waals surface area contributed by atoms with E-state index in [2.05, 4.69) is 22.5 Å². The molecule has 0 aromatic heterocycles. The summed E-state index contributed by atoms with van der Waals surface area (Å²) >= 11 is 5.78. The van der Waals surface area contributed by atoms with E-state index < -0.39 is 5.82 Å². The van der Waals surface area contributed by atoms with Crippen LogP contribution in [0.15, 0.2) is 18.2 Å². The molecule has 1 aromatic rings. The molecule has 0 spiro atoms. The summed E-state index contributed by atoms with van der Waals surface area (Å²) in [5.41, 5.74) is 0.873. The van der Waals surface area contributed by atoms with Gasteiger partial charge in [-0.2, -0.15) is 0 Å². The average Bonchev–Trinajstić information content (AvgIpc) is 2.82. The fraction of sp³-hybridized carbons (Fsp3) is 0.562. The van der Waals surface area contributed by atoms with Gasteiger partial charge in [-0.15, -0.1) is 12.4 Å². The number of likely N-dealkylation sites (tertiary alicyclic amines) is 1. The van der Waals surface area contributed by atoms with Crippen LogP contribution in [0.3, 0.4) is 0 Å². The van der Waals surface area contributed by atoms with Crippen LogP contribution in [0.4, 0.5) is 4.39 Å². The first kappa shape index (κ1) is 18.5. The van der Waals surface area contributed by atoms with Crippen LogP contribution in [0.5, 0.6) is 0 Å². The summed E-state index contributed by atoms with van der Waals surface area (Å²) in [5, 5.41) is 6.39. The highest BCUT2D eigenvalue weighted by Crippen LogP contribution is 2.33. The number of carbonyl (C=O) groups is 1. The molecule has 128 valence electrons. The van der Waals surface area contributed by atoms with Gasteiger partial charge in [0, 0.05) is 25.7 Å². The molecular formula is C16H22Cl2FN3O. The first-order chi connectivity index (χ1) is 10.6. The minimum absolute atomic E-state index is 0. The van der Waals surface area contributed by atoms with Crippen LogP contribution >= 0.6 is 24.0 Å². The molecule has 0 radical (unpaired) electrons. The van der Waals surface area contributed by atoms with Gasteiger partial charge >= 0.3 is 0 Å². The fourth-order valence-corrected chi connectivity index (χ4v) is 3.39. The minimum atomic E-state index is -0.407. The molecule has 0 saturated carbocycles. The third-order valence-electron chi connectivity index (χ3n) is 4.67. The highest BCUT2D eigenvalue weighted by Gasteiger charge is 2.37.